The van der Waals surface area contributed by atoms with E-state index in [1.165, 1.54) is 37.8 Å². The molecule has 0 spiro atoms. The molecule has 3 nitrogen and oxygen atoms in total. The van der Waals surface area contributed by atoms with E-state index in [9.17, 15) is 0 Å². The first kappa shape index (κ1) is 35.7. The Labute approximate surface area is 265 Å². The van der Waals surface area contributed by atoms with E-state index in [1.807, 2.05) is 11.4 Å². The van der Waals surface area contributed by atoms with E-state index >= 15 is 0 Å². The van der Waals surface area contributed by atoms with Gasteiger partial charge in [0.2, 0.25) is 0 Å². The molecule has 0 radical (unpaired) electrons. The van der Waals surface area contributed by atoms with E-state index in [-0.39, 0.29) is 0 Å². The zero-order valence-corrected chi connectivity index (χ0v) is 32.1. The fourth-order valence-corrected chi connectivity index (χ4v) is 12.4. The number of benzene rings is 2. The summed E-state index contributed by atoms with van der Waals surface area (Å²) < 4.78 is 7.30. The summed E-state index contributed by atoms with van der Waals surface area (Å²) in [4.78, 5) is 5.15. The summed E-state index contributed by atoms with van der Waals surface area (Å²) in [7, 11) is -3.16. The standard InChI is InChI=1S/C27H38N2.C8H18OSi2.Pt/c1-18(2)22-11-9-12-23(19(3)4)26(22)28-15-16-29(17-28)27-24(20(5)6)13-10-14-25(27)21(7)8;1-7-10(3,4)9-11(5,6)8-2;/h9-14,18-21H,15-16H2,1-8H3;7-8H,1-2H2,3-6H3;. The van der Waals surface area contributed by atoms with Gasteiger partial charge in [-0.1, -0.05) is 11.4 Å². The van der Waals surface area contributed by atoms with Crippen molar-refractivity contribution in [2.75, 3.05) is 22.9 Å². The van der Waals surface area contributed by atoms with Crippen molar-refractivity contribution in [1.82, 2.24) is 0 Å². The van der Waals surface area contributed by atoms with Gasteiger partial charge in [-0.2, -0.15) is 0 Å². The SMILES string of the molecule is C=C[Si](C)(C)O[Si](C)(C)C=C.CC(C)c1cccc(C(C)C)c1N1CCN(c2c(C(C)C)cccc2C(C)C)[C]1=[Pt]. The van der Waals surface area contributed by atoms with Crippen LogP contribution in [0.3, 0.4) is 0 Å². The van der Waals surface area contributed by atoms with Gasteiger partial charge in [0, 0.05) is 0 Å². The number of para-hydroxylation sites is 2. The summed E-state index contributed by atoms with van der Waals surface area (Å²) in [5, 5.41) is 0. The number of hydrogen-bond donors (Lipinski definition) is 0. The van der Waals surface area contributed by atoms with Crippen LogP contribution in [0.15, 0.2) is 61.0 Å². The molecule has 1 aliphatic heterocycles. The van der Waals surface area contributed by atoms with Gasteiger partial charge < -0.3 is 4.12 Å². The molecule has 0 unspecified atom stereocenters. The Morgan fingerprint density at radius 2 is 0.902 bits per heavy atom. The summed E-state index contributed by atoms with van der Waals surface area (Å²) >= 11 is 2.57. The second-order valence-corrected chi connectivity index (χ2v) is 22.5. The molecule has 0 N–H and O–H groups in total. The van der Waals surface area contributed by atoms with E-state index < -0.39 is 16.6 Å². The summed E-state index contributed by atoms with van der Waals surface area (Å²) in [6, 6.07) is 13.8. The van der Waals surface area contributed by atoms with Crippen LogP contribution in [0, 0.1) is 0 Å². The Hall–Kier alpha value is -1.53. The Morgan fingerprint density at radius 1 is 0.634 bits per heavy atom. The van der Waals surface area contributed by atoms with E-state index in [1.54, 1.807) is 0 Å². The number of nitrogens with zero attached hydrogens (tertiary/aromatic N) is 2. The molecule has 230 valence electrons. The van der Waals surface area contributed by atoms with Crippen LogP contribution in [-0.2, 0) is 23.5 Å². The molecular formula is C35H56N2OPtSi2. The fourth-order valence-electron chi connectivity index (χ4n) is 5.32. The van der Waals surface area contributed by atoms with Gasteiger partial charge in [-0.3, -0.25) is 0 Å². The van der Waals surface area contributed by atoms with Crippen LogP contribution in [-0.4, -0.2) is 33.9 Å². The monoisotopic (exact) mass is 771 g/mol. The van der Waals surface area contributed by atoms with Crippen LogP contribution in [0.2, 0.25) is 26.2 Å². The zero-order valence-electron chi connectivity index (χ0n) is 27.9. The second-order valence-electron chi connectivity index (χ2n) is 13.5. The van der Waals surface area contributed by atoms with Gasteiger partial charge in [0.1, 0.15) is 0 Å². The minimum atomic E-state index is -1.58. The van der Waals surface area contributed by atoms with Gasteiger partial charge in [-0.25, -0.2) is 0 Å². The molecule has 3 rings (SSSR count). The fraction of sp³-hybridized carbons (Fsp3) is 0.514. The number of hydrogen-bond acceptors (Lipinski definition) is 3. The van der Waals surface area contributed by atoms with E-state index in [4.69, 9.17) is 4.12 Å². The average molecular weight is 772 g/mol. The number of rotatable bonds is 10. The van der Waals surface area contributed by atoms with Crippen LogP contribution in [0.25, 0.3) is 0 Å². The predicted octanol–water partition coefficient (Wildman–Crippen LogP) is 10.0. The first-order valence-corrected chi connectivity index (χ1v) is 22.4. The molecule has 0 saturated carbocycles. The summed E-state index contributed by atoms with van der Waals surface area (Å²) in [6.45, 7) is 36.7. The molecule has 0 atom stereocenters. The van der Waals surface area contributed by atoms with Crippen molar-refractivity contribution in [3.8, 4) is 0 Å². The van der Waals surface area contributed by atoms with Gasteiger partial charge in [-0.15, -0.1) is 13.2 Å². The number of anilines is 2. The van der Waals surface area contributed by atoms with Gasteiger partial charge in [-0.05, 0) is 26.2 Å². The Bertz CT molecular complexity index is 1070. The van der Waals surface area contributed by atoms with Crippen molar-refractivity contribution in [3.05, 3.63) is 83.2 Å². The quantitative estimate of drug-likeness (QED) is 0.224. The van der Waals surface area contributed by atoms with Crippen LogP contribution in [0.5, 0.6) is 0 Å². The van der Waals surface area contributed by atoms with Crippen molar-refractivity contribution in [1.29, 1.82) is 0 Å². The van der Waals surface area contributed by atoms with Crippen LogP contribution in [0.1, 0.15) is 101 Å². The van der Waals surface area contributed by atoms with Gasteiger partial charge in [0.15, 0.2) is 16.6 Å². The van der Waals surface area contributed by atoms with Gasteiger partial charge in [0.05, 0.1) is 0 Å². The van der Waals surface area contributed by atoms with Crippen molar-refractivity contribution in [2.24, 2.45) is 0 Å². The average Bonchev–Trinajstić information content (AvgIpc) is 3.27. The minimum absolute atomic E-state index is 0.506. The normalized spacial score (nSPS) is 14.3. The van der Waals surface area contributed by atoms with E-state index in [0.717, 1.165) is 13.1 Å². The first-order chi connectivity index (χ1) is 19.0. The van der Waals surface area contributed by atoms with E-state index in [2.05, 4.69) is 160 Å². The maximum atomic E-state index is 5.97. The molecule has 0 bridgehead atoms. The van der Waals surface area contributed by atoms with Gasteiger partial charge >= 0.3 is 195 Å². The van der Waals surface area contributed by atoms with Crippen molar-refractivity contribution in [2.45, 2.75) is 105 Å². The van der Waals surface area contributed by atoms with E-state index in [0.29, 0.717) is 23.7 Å². The molecule has 6 heteroatoms. The molecule has 0 aromatic heterocycles. The first-order valence-electron chi connectivity index (χ1n) is 15.2. The van der Waals surface area contributed by atoms with Gasteiger partial charge in [0.25, 0.3) is 0 Å². The summed E-state index contributed by atoms with van der Waals surface area (Å²) in [5.74, 6) is 2.02. The topological polar surface area (TPSA) is 15.7 Å². The summed E-state index contributed by atoms with van der Waals surface area (Å²) in [5.41, 5.74) is 12.6. The molecule has 1 heterocycles. The van der Waals surface area contributed by atoms with Crippen molar-refractivity contribution < 1.29 is 23.5 Å². The third-order valence-corrected chi connectivity index (χ3v) is 15.1. The molecule has 2 aromatic carbocycles. The Balaban J connectivity index is 0.000000454. The molecule has 2 aromatic rings. The van der Waals surface area contributed by atoms with Crippen LogP contribution in [0.4, 0.5) is 11.4 Å². The third kappa shape index (κ3) is 8.98. The molecule has 1 saturated heterocycles. The molecule has 0 amide bonds. The Kier molecular flexibility index (Phi) is 12.9. The van der Waals surface area contributed by atoms with Crippen LogP contribution >= 0.6 is 0 Å². The molecule has 0 aliphatic carbocycles. The van der Waals surface area contributed by atoms with Crippen LogP contribution < -0.4 is 9.80 Å². The third-order valence-electron chi connectivity index (χ3n) is 7.69. The molecular weight excluding hydrogens is 716 g/mol. The Morgan fingerprint density at radius 3 is 1.12 bits per heavy atom. The zero-order chi connectivity index (χ0) is 31.3. The second kappa shape index (κ2) is 14.8. The summed E-state index contributed by atoms with van der Waals surface area (Å²) in [6.07, 6.45) is 0. The molecule has 1 aliphatic rings. The maximum absolute atomic E-state index is 5.97. The predicted molar refractivity (Wildman–Crippen MR) is 185 cm³/mol. The van der Waals surface area contributed by atoms with Crippen molar-refractivity contribution >= 4 is 32.2 Å². The molecule has 1 fully saturated rings. The molecule has 41 heavy (non-hydrogen) atoms. The van der Waals surface area contributed by atoms with Crippen molar-refractivity contribution in [3.63, 3.8) is 0 Å².